The molecule has 1 aromatic carbocycles. The number of carboxylic acid groups (broad SMARTS) is 1. The number of pyridine rings is 1. The minimum Gasteiger partial charge on any atom is -0.478 e. The van der Waals surface area contributed by atoms with Gasteiger partial charge in [0.15, 0.2) is 0 Å². The normalized spacial score (nSPS) is 11.3. The zero-order valence-electron chi connectivity index (χ0n) is 13.7. The van der Waals surface area contributed by atoms with Gasteiger partial charge >= 0.3 is 12.1 Å². The van der Waals surface area contributed by atoms with Crippen LogP contribution in [0.5, 0.6) is 0 Å². The lowest BCUT2D eigenvalue weighted by atomic mass is 10.0. The summed E-state index contributed by atoms with van der Waals surface area (Å²) in [5, 5.41) is 14.1. The maximum atomic E-state index is 12.6. The van der Waals surface area contributed by atoms with E-state index in [-0.39, 0.29) is 16.1 Å². The number of alkyl halides is 3. The molecular formula is C18H10ClF3N2O3S. The van der Waals surface area contributed by atoms with Crippen LogP contribution in [0.4, 0.5) is 18.2 Å². The average molecular weight is 427 g/mol. The summed E-state index contributed by atoms with van der Waals surface area (Å²) in [4.78, 5) is 27.2. The molecular weight excluding hydrogens is 417 g/mol. The van der Waals surface area contributed by atoms with Gasteiger partial charge in [0.25, 0.3) is 5.91 Å². The summed E-state index contributed by atoms with van der Waals surface area (Å²) >= 11 is 6.82. The van der Waals surface area contributed by atoms with E-state index in [1.54, 1.807) is 29.6 Å². The lowest BCUT2D eigenvalue weighted by molar-refractivity contribution is -0.141. The topological polar surface area (TPSA) is 79.3 Å². The van der Waals surface area contributed by atoms with Gasteiger partial charge in [-0.05, 0) is 29.8 Å². The van der Waals surface area contributed by atoms with Crippen LogP contribution < -0.4 is 5.32 Å². The Balaban J connectivity index is 1.89. The van der Waals surface area contributed by atoms with Crippen LogP contribution in [-0.4, -0.2) is 22.0 Å². The molecule has 0 saturated heterocycles. The van der Waals surface area contributed by atoms with E-state index in [1.807, 2.05) is 0 Å². The highest BCUT2D eigenvalue weighted by atomic mass is 35.5. The van der Waals surface area contributed by atoms with Crippen molar-refractivity contribution in [3.05, 3.63) is 69.8 Å². The van der Waals surface area contributed by atoms with E-state index in [0.29, 0.717) is 22.2 Å². The molecule has 0 radical (unpaired) electrons. The summed E-state index contributed by atoms with van der Waals surface area (Å²) in [7, 11) is 0. The minimum atomic E-state index is -4.62. The van der Waals surface area contributed by atoms with Gasteiger partial charge in [-0.15, -0.1) is 11.3 Å². The largest absolute Gasteiger partial charge is 0.478 e. The van der Waals surface area contributed by atoms with Crippen molar-refractivity contribution in [2.24, 2.45) is 0 Å². The lowest BCUT2D eigenvalue weighted by Crippen LogP contribution is -2.15. The van der Waals surface area contributed by atoms with Gasteiger partial charge in [0, 0.05) is 22.2 Å². The number of carbonyl (C=O) groups excluding carboxylic acids is 1. The first-order valence-electron chi connectivity index (χ1n) is 7.62. The second kappa shape index (κ2) is 7.61. The molecule has 1 amide bonds. The number of carbonyl (C=O) groups is 2. The van der Waals surface area contributed by atoms with Crippen molar-refractivity contribution < 1.29 is 27.9 Å². The molecule has 0 aliphatic rings. The zero-order valence-corrected chi connectivity index (χ0v) is 15.3. The Morgan fingerprint density at radius 3 is 2.32 bits per heavy atom. The maximum Gasteiger partial charge on any atom is 0.433 e. The van der Waals surface area contributed by atoms with E-state index in [2.05, 4.69) is 10.3 Å². The fourth-order valence-corrected chi connectivity index (χ4v) is 3.46. The Morgan fingerprint density at radius 1 is 1.11 bits per heavy atom. The van der Waals surface area contributed by atoms with E-state index in [1.165, 1.54) is 0 Å². The van der Waals surface area contributed by atoms with Crippen LogP contribution in [0.3, 0.4) is 0 Å². The van der Waals surface area contributed by atoms with Gasteiger partial charge in [-0.2, -0.15) is 13.2 Å². The van der Waals surface area contributed by atoms with Crippen LogP contribution in [0.1, 0.15) is 26.4 Å². The molecule has 10 heteroatoms. The standard InChI is InChI=1S/C18H10ClF3N2O3S/c19-11-4-1-9(2-5-11)12-8-28-16(14(12)17(26)27)24-15(25)10-3-6-13(23-7-10)18(20,21)22/h1-8H,(H,24,25)(H,26,27). The van der Waals surface area contributed by atoms with Crippen molar-refractivity contribution in [3.8, 4) is 11.1 Å². The van der Waals surface area contributed by atoms with Crippen molar-refractivity contribution in [1.29, 1.82) is 0 Å². The molecule has 0 unspecified atom stereocenters. The van der Waals surface area contributed by atoms with Gasteiger partial charge in [0.1, 0.15) is 16.3 Å². The fourth-order valence-electron chi connectivity index (χ4n) is 2.38. The molecule has 28 heavy (non-hydrogen) atoms. The molecule has 3 rings (SSSR count). The molecule has 2 N–H and O–H groups in total. The average Bonchev–Trinajstić information content (AvgIpc) is 3.05. The molecule has 0 fully saturated rings. The van der Waals surface area contributed by atoms with Crippen molar-refractivity contribution in [2.75, 3.05) is 5.32 Å². The number of nitrogens with zero attached hydrogens (tertiary/aromatic N) is 1. The number of amides is 1. The van der Waals surface area contributed by atoms with Crippen LogP contribution >= 0.6 is 22.9 Å². The minimum absolute atomic E-state index is 0.0577. The molecule has 0 aliphatic heterocycles. The van der Waals surface area contributed by atoms with Gasteiger partial charge in [-0.3, -0.25) is 9.78 Å². The van der Waals surface area contributed by atoms with Crippen LogP contribution in [-0.2, 0) is 6.18 Å². The van der Waals surface area contributed by atoms with E-state index >= 15 is 0 Å². The molecule has 0 bridgehead atoms. The third kappa shape index (κ3) is 4.15. The highest BCUT2D eigenvalue weighted by Gasteiger charge is 2.32. The summed E-state index contributed by atoms with van der Waals surface area (Å²) in [6.07, 6.45) is -3.83. The molecule has 5 nitrogen and oxygen atoms in total. The predicted octanol–water partition coefficient (Wildman–Crippen LogP) is 5.43. The SMILES string of the molecule is O=C(Nc1scc(-c2ccc(Cl)cc2)c1C(=O)O)c1ccc(C(F)(F)F)nc1. The quantitative estimate of drug-likeness (QED) is 0.582. The third-order valence-corrected chi connectivity index (χ3v) is 4.85. The smallest absolute Gasteiger partial charge is 0.433 e. The highest BCUT2D eigenvalue weighted by molar-refractivity contribution is 7.15. The summed E-state index contributed by atoms with van der Waals surface area (Å²) in [5.74, 6) is -2.03. The Hall–Kier alpha value is -2.91. The van der Waals surface area contributed by atoms with Crippen LogP contribution in [0.25, 0.3) is 11.1 Å². The fraction of sp³-hybridized carbons (Fsp3) is 0.0556. The van der Waals surface area contributed by atoms with Gasteiger partial charge in [-0.25, -0.2) is 4.79 Å². The number of aromatic carboxylic acids is 1. The van der Waals surface area contributed by atoms with Crippen LogP contribution in [0, 0.1) is 0 Å². The van der Waals surface area contributed by atoms with Crippen molar-refractivity contribution in [2.45, 2.75) is 6.18 Å². The summed E-state index contributed by atoms with van der Waals surface area (Å²) in [5.41, 5.74) is -0.410. The number of hydrogen-bond donors (Lipinski definition) is 2. The molecule has 0 saturated carbocycles. The number of hydrogen-bond acceptors (Lipinski definition) is 4. The number of benzene rings is 1. The molecule has 0 atom stereocenters. The number of nitrogens with one attached hydrogen (secondary N) is 1. The van der Waals surface area contributed by atoms with Crippen LogP contribution in [0.15, 0.2) is 48.0 Å². The number of rotatable bonds is 4. The first-order chi connectivity index (χ1) is 13.2. The Morgan fingerprint density at radius 2 is 1.79 bits per heavy atom. The Kier molecular flexibility index (Phi) is 5.39. The van der Waals surface area contributed by atoms with Gasteiger partial charge in [0.05, 0.1) is 5.56 Å². The molecule has 3 aromatic rings. The third-order valence-electron chi connectivity index (χ3n) is 3.70. The van der Waals surface area contributed by atoms with Gasteiger partial charge < -0.3 is 10.4 Å². The molecule has 2 aromatic heterocycles. The van der Waals surface area contributed by atoms with E-state index in [0.717, 1.165) is 23.6 Å². The lowest BCUT2D eigenvalue weighted by Gasteiger charge is -2.08. The monoisotopic (exact) mass is 426 g/mol. The molecule has 144 valence electrons. The second-order valence-corrected chi connectivity index (χ2v) is 6.87. The highest BCUT2D eigenvalue weighted by Crippen LogP contribution is 2.36. The Bertz CT molecular complexity index is 1030. The molecule has 0 spiro atoms. The predicted molar refractivity (Wildman–Crippen MR) is 98.9 cm³/mol. The number of carboxylic acids is 1. The van der Waals surface area contributed by atoms with E-state index in [4.69, 9.17) is 11.6 Å². The number of aromatic nitrogens is 1. The number of anilines is 1. The summed E-state index contributed by atoms with van der Waals surface area (Å²) in [6.45, 7) is 0. The van der Waals surface area contributed by atoms with Gasteiger partial charge in [0.2, 0.25) is 0 Å². The molecule has 2 heterocycles. The van der Waals surface area contributed by atoms with Crippen molar-refractivity contribution in [1.82, 2.24) is 4.98 Å². The summed E-state index contributed by atoms with van der Waals surface area (Å²) < 4.78 is 37.7. The van der Waals surface area contributed by atoms with Crippen molar-refractivity contribution >= 4 is 39.8 Å². The van der Waals surface area contributed by atoms with E-state index in [9.17, 15) is 27.9 Å². The Labute approximate surface area is 165 Å². The first-order valence-corrected chi connectivity index (χ1v) is 8.88. The van der Waals surface area contributed by atoms with Crippen molar-refractivity contribution in [3.63, 3.8) is 0 Å². The summed E-state index contributed by atoms with van der Waals surface area (Å²) in [6, 6.07) is 8.14. The van der Waals surface area contributed by atoms with E-state index < -0.39 is 23.7 Å². The van der Waals surface area contributed by atoms with Crippen LogP contribution in [0.2, 0.25) is 5.02 Å². The first kappa shape index (κ1) is 19.8. The van der Waals surface area contributed by atoms with Gasteiger partial charge in [-0.1, -0.05) is 23.7 Å². The second-order valence-electron chi connectivity index (χ2n) is 5.55. The number of thiophene rings is 1. The number of halogens is 4. The zero-order chi connectivity index (χ0) is 20.5. The molecule has 0 aliphatic carbocycles. The maximum absolute atomic E-state index is 12.6.